The highest BCUT2D eigenvalue weighted by atomic mass is 19.1. The van der Waals surface area contributed by atoms with Crippen molar-refractivity contribution in [2.24, 2.45) is 17.8 Å². The zero-order valence-corrected chi connectivity index (χ0v) is 12.9. The van der Waals surface area contributed by atoms with Crippen LogP contribution in [0, 0.1) is 23.6 Å². The Morgan fingerprint density at radius 3 is 2.90 bits per heavy atom. The Bertz CT molecular complexity index is 540. The van der Waals surface area contributed by atoms with Crippen molar-refractivity contribution in [3.05, 3.63) is 29.6 Å². The SMILES string of the molecule is CC(C)C1CCC(=O)C(CN2CCc3ccc(F)cc32)C1. The summed E-state index contributed by atoms with van der Waals surface area (Å²) in [5.74, 6) is 1.64. The molecular weight excluding hydrogens is 265 g/mol. The van der Waals surface area contributed by atoms with Gasteiger partial charge in [-0.3, -0.25) is 4.79 Å². The molecule has 2 unspecified atom stereocenters. The summed E-state index contributed by atoms with van der Waals surface area (Å²) in [7, 11) is 0. The monoisotopic (exact) mass is 289 g/mol. The number of anilines is 1. The molecular formula is C18H24FNO. The molecule has 0 radical (unpaired) electrons. The van der Waals surface area contributed by atoms with Crippen molar-refractivity contribution in [1.82, 2.24) is 0 Å². The summed E-state index contributed by atoms with van der Waals surface area (Å²) in [5, 5.41) is 0. The molecule has 0 saturated heterocycles. The molecule has 1 aromatic rings. The number of Topliss-reactive ketones (excluding diaryl/α,β-unsaturated/α-hetero) is 1. The zero-order valence-electron chi connectivity index (χ0n) is 12.9. The molecule has 0 N–H and O–H groups in total. The molecule has 0 amide bonds. The van der Waals surface area contributed by atoms with Crippen LogP contribution < -0.4 is 4.90 Å². The van der Waals surface area contributed by atoms with Crippen molar-refractivity contribution in [2.45, 2.75) is 39.5 Å². The fourth-order valence-electron chi connectivity index (χ4n) is 3.80. The Kier molecular flexibility index (Phi) is 4.01. The van der Waals surface area contributed by atoms with Gasteiger partial charge in [-0.05, 0) is 48.8 Å². The van der Waals surface area contributed by atoms with Crippen LogP contribution in [0.4, 0.5) is 10.1 Å². The fraction of sp³-hybridized carbons (Fsp3) is 0.611. The number of halogens is 1. The van der Waals surface area contributed by atoms with E-state index in [0.717, 1.165) is 44.5 Å². The van der Waals surface area contributed by atoms with E-state index >= 15 is 0 Å². The molecule has 0 bridgehead atoms. The van der Waals surface area contributed by atoms with E-state index < -0.39 is 0 Å². The van der Waals surface area contributed by atoms with Crippen molar-refractivity contribution in [3.8, 4) is 0 Å². The Labute approximate surface area is 126 Å². The second-order valence-corrected chi connectivity index (χ2v) is 6.91. The van der Waals surface area contributed by atoms with Crippen LogP contribution >= 0.6 is 0 Å². The molecule has 21 heavy (non-hydrogen) atoms. The molecule has 1 aromatic carbocycles. The van der Waals surface area contributed by atoms with Gasteiger partial charge in [0.1, 0.15) is 11.6 Å². The largest absolute Gasteiger partial charge is 0.370 e. The van der Waals surface area contributed by atoms with Crippen molar-refractivity contribution in [2.75, 3.05) is 18.0 Å². The number of fused-ring (bicyclic) bond motifs is 1. The molecule has 1 aliphatic heterocycles. The van der Waals surface area contributed by atoms with Crippen molar-refractivity contribution >= 4 is 11.5 Å². The summed E-state index contributed by atoms with van der Waals surface area (Å²) in [6.45, 7) is 6.17. The summed E-state index contributed by atoms with van der Waals surface area (Å²) in [6, 6.07) is 5.03. The van der Waals surface area contributed by atoms with E-state index in [1.807, 2.05) is 6.07 Å². The van der Waals surface area contributed by atoms with Crippen LogP contribution in [0.5, 0.6) is 0 Å². The Morgan fingerprint density at radius 2 is 2.14 bits per heavy atom. The van der Waals surface area contributed by atoms with E-state index in [-0.39, 0.29) is 11.7 Å². The molecule has 2 nitrogen and oxygen atoms in total. The third kappa shape index (κ3) is 2.97. The molecule has 1 aliphatic carbocycles. The third-order valence-corrected chi connectivity index (χ3v) is 5.23. The predicted octanol–water partition coefficient (Wildman–Crippen LogP) is 3.83. The topological polar surface area (TPSA) is 20.3 Å². The molecule has 114 valence electrons. The van der Waals surface area contributed by atoms with Crippen LogP contribution in [0.15, 0.2) is 18.2 Å². The first-order valence-corrected chi connectivity index (χ1v) is 8.10. The first-order chi connectivity index (χ1) is 10.0. The number of carbonyl (C=O) groups excluding carboxylic acids is 1. The summed E-state index contributed by atoms with van der Waals surface area (Å²) in [5.41, 5.74) is 2.20. The van der Waals surface area contributed by atoms with Crippen LogP contribution in [0.1, 0.15) is 38.7 Å². The van der Waals surface area contributed by atoms with Gasteiger partial charge in [0, 0.05) is 31.1 Å². The summed E-state index contributed by atoms with van der Waals surface area (Å²) in [4.78, 5) is 14.4. The van der Waals surface area contributed by atoms with Crippen molar-refractivity contribution < 1.29 is 9.18 Å². The maximum absolute atomic E-state index is 13.5. The highest BCUT2D eigenvalue weighted by Crippen LogP contribution is 2.35. The van der Waals surface area contributed by atoms with Crippen molar-refractivity contribution in [3.63, 3.8) is 0 Å². The van der Waals surface area contributed by atoms with E-state index in [4.69, 9.17) is 0 Å². The number of rotatable bonds is 3. The average Bonchev–Trinajstić information content (AvgIpc) is 2.83. The normalized spacial score (nSPS) is 25.5. The molecule has 0 aromatic heterocycles. The van der Waals surface area contributed by atoms with Gasteiger partial charge in [-0.15, -0.1) is 0 Å². The third-order valence-electron chi connectivity index (χ3n) is 5.23. The predicted molar refractivity (Wildman–Crippen MR) is 83.0 cm³/mol. The van der Waals surface area contributed by atoms with Gasteiger partial charge in [0.15, 0.2) is 0 Å². The molecule has 2 aliphatic rings. The van der Waals surface area contributed by atoms with E-state index in [1.54, 1.807) is 6.07 Å². The number of hydrogen-bond donors (Lipinski definition) is 0. The number of hydrogen-bond acceptors (Lipinski definition) is 2. The highest BCUT2D eigenvalue weighted by Gasteiger charge is 2.32. The van der Waals surface area contributed by atoms with Crippen LogP contribution in [0.3, 0.4) is 0 Å². The first-order valence-electron chi connectivity index (χ1n) is 8.10. The van der Waals surface area contributed by atoms with Gasteiger partial charge in [-0.1, -0.05) is 19.9 Å². The molecule has 1 saturated carbocycles. The van der Waals surface area contributed by atoms with Crippen LogP contribution in [0.2, 0.25) is 0 Å². The number of nitrogens with zero attached hydrogens (tertiary/aromatic N) is 1. The van der Waals surface area contributed by atoms with Gasteiger partial charge in [0.05, 0.1) is 0 Å². The lowest BCUT2D eigenvalue weighted by atomic mass is 9.75. The van der Waals surface area contributed by atoms with Crippen molar-refractivity contribution in [1.29, 1.82) is 0 Å². The summed E-state index contributed by atoms with van der Waals surface area (Å²) >= 11 is 0. The molecule has 1 fully saturated rings. The lowest BCUT2D eigenvalue weighted by Gasteiger charge is -2.33. The van der Waals surface area contributed by atoms with E-state index in [2.05, 4.69) is 18.7 Å². The zero-order chi connectivity index (χ0) is 15.0. The molecule has 0 spiro atoms. The summed E-state index contributed by atoms with van der Waals surface area (Å²) in [6.07, 6.45) is 3.72. The van der Waals surface area contributed by atoms with E-state index in [9.17, 15) is 9.18 Å². The lowest BCUT2D eigenvalue weighted by molar-refractivity contribution is -0.125. The number of benzene rings is 1. The minimum absolute atomic E-state index is 0.125. The van der Waals surface area contributed by atoms with Gasteiger partial charge in [0.2, 0.25) is 0 Å². The minimum atomic E-state index is -0.185. The quantitative estimate of drug-likeness (QED) is 0.843. The summed E-state index contributed by atoms with van der Waals surface area (Å²) < 4.78 is 13.5. The molecule has 3 rings (SSSR count). The molecule has 2 atom stereocenters. The number of ketones is 1. The Hall–Kier alpha value is -1.38. The average molecular weight is 289 g/mol. The minimum Gasteiger partial charge on any atom is -0.370 e. The van der Waals surface area contributed by atoms with E-state index in [1.165, 1.54) is 11.6 Å². The van der Waals surface area contributed by atoms with E-state index in [0.29, 0.717) is 17.6 Å². The maximum atomic E-state index is 13.5. The maximum Gasteiger partial charge on any atom is 0.137 e. The van der Waals surface area contributed by atoms with Gasteiger partial charge in [0.25, 0.3) is 0 Å². The fourth-order valence-corrected chi connectivity index (χ4v) is 3.80. The van der Waals surface area contributed by atoms with Gasteiger partial charge < -0.3 is 4.90 Å². The highest BCUT2D eigenvalue weighted by molar-refractivity contribution is 5.82. The Balaban J connectivity index is 1.72. The van der Waals surface area contributed by atoms with Gasteiger partial charge in [-0.25, -0.2) is 4.39 Å². The van der Waals surface area contributed by atoms with Gasteiger partial charge in [-0.2, -0.15) is 0 Å². The van der Waals surface area contributed by atoms with Crippen LogP contribution in [-0.2, 0) is 11.2 Å². The molecule has 1 heterocycles. The van der Waals surface area contributed by atoms with Crippen LogP contribution in [-0.4, -0.2) is 18.9 Å². The standard InChI is InChI=1S/C18H24FNO/c1-12(2)14-4-6-18(21)15(9-14)11-20-8-7-13-3-5-16(19)10-17(13)20/h3,5,10,12,14-15H,4,6-9,11H2,1-2H3. The van der Waals surface area contributed by atoms with Gasteiger partial charge >= 0.3 is 0 Å². The second-order valence-electron chi connectivity index (χ2n) is 6.91. The van der Waals surface area contributed by atoms with Crippen LogP contribution in [0.25, 0.3) is 0 Å². The lowest BCUT2D eigenvalue weighted by Crippen LogP contribution is -2.37. The number of carbonyl (C=O) groups is 1. The first kappa shape index (κ1) is 14.6. The second kappa shape index (κ2) is 5.78. The Morgan fingerprint density at radius 1 is 1.33 bits per heavy atom. The smallest absolute Gasteiger partial charge is 0.137 e. The molecule has 3 heteroatoms.